The van der Waals surface area contributed by atoms with Crippen molar-refractivity contribution in [2.24, 2.45) is 7.05 Å². The molecule has 0 amide bonds. The number of hydrogen-bond acceptors (Lipinski definition) is 2. The molecule has 0 bridgehead atoms. The van der Waals surface area contributed by atoms with Crippen LogP contribution < -0.4 is 0 Å². The third kappa shape index (κ3) is 1.95. The summed E-state index contributed by atoms with van der Waals surface area (Å²) in [6.45, 7) is 0. The molecule has 0 saturated heterocycles. The predicted octanol–water partition coefficient (Wildman–Crippen LogP) is 3.27. The standard InChI is InChI=1S/C15H14N2O/c1-17-9-5-8-14(17)15-13(16-11-18-15)10-12-6-3-2-4-7-12/h2-9,11H,10H2,1H3. The molecule has 0 aliphatic rings. The molecule has 3 aromatic rings. The molecule has 0 saturated carbocycles. The number of oxazole rings is 1. The quantitative estimate of drug-likeness (QED) is 0.701. The molecule has 3 heteroatoms. The molecule has 0 N–H and O–H groups in total. The van der Waals surface area contributed by atoms with Crippen molar-refractivity contribution in [2.75, 3.05) is 0 Å². The summed E-state index contributed by atoms with van der Waals surface area (Å²) in [7, 11) is 2.00. The molecular weight excluding hydrogens is 224 g/mol. The van der Waals surface area contributed by atoms with Gasteiger partial charge in [0, 0.05) is 19.7 Å². The average molecular weight is 238 g/mol. The Morgan fingerprint density at radius 3 is 2.67 bits per heavy atom. The summed E-state index contributed by atoms with van der Waals surface area (Å²) in [5.74, 6) is 0.853. The Labute approximate surface area is 106 Å². The van der Waals surface area contributed by atoms with Gasteiger partial charge in [-0.25, -0.2) is 4.98 Å². The molecule has 0 radical (unpaired) electrons. The second kappa shape index (κ2) is 4.53. The molecule has 18 heavy (non-hydrogen) atoms. The average Bonchev–Trinajstić information content (AvgIpc) is 2.99. The summed E-state index contributed by atoms with van der Waals surface area (Å²) in [4.78, 5) is 4.33. The van der Waals surface area contributed by atoms with Crippen LogP contribution in [-0.4, -0.2) is 9.55 Å². The van der Waals surface area contributed by atoms with E-state index in [9.17, 15) is 0 Å². The first-order valence-corrected chi connectivity index (χ1v) is 5.92. The molecule has 0 aliphatic heterocycles. The van der Waals surface area contributed by atoms with Crippen molar-refractivity contribution in [1.82, 2.24) is 9.55 Å². The van der Waals surface area contributed by atoms with Crippen molar-refractivity contribution < 1.29 is 4.42 Å². The zero-order valence-corrected chi connectivity index (χ0v) is 10.2. The Balaban J connectivity index is 1.96. The van der Waals surface area contributed by atoms with Crippen molar-refractivity contribution in [3.63, 3.8) is 0 Å². The lowest BCUT2D eigenvalue weighted by Gasteiger charge is -2.03. The van der Waals surface area contributed by atoms with Gasteiger partial charge in [0.2, 0.25) is 0 Å². The van der Waals surface area contributed by atoms with Crippen LogP contribution in [0, 0.1) is 0 Å². The van der Waals surface area contributed by atoms with Crippen LogP contribution in [0.25, 0.3) is 11.5 Å². The Morgan fingerprint density at radius 2 is 1.94 bits per heavy atom. The molecule has 1 aromatic carbocycles. The minimum absolute atomic E-state index is 0.790. The molecule has 2 aromatic heterocycles. The number of aromatic nitrogens is 2. The van der Waals surface area contributed by atoms with E-state index >= 15 is 0 Å². The van der Waals surface area contributed by atoms with Gasteiger partial charge in [-0.05, 0) is 17.7 Å². The molecular formula is C15H14N2O. The van der Waals surface area contributed by atoms with E-state index in [0.717, 1.165) is 23.6 Å². The predicted molar refractivity (Wildman–Crippen MR) is 70.2 cm³/mol. The van der Waals surface area contributed by atoms with E-state index < -0.39 is 0 Å². The van der Waals surface area contributed by atoms with E-state index in [0.29, 0.717) is 0 Å². The van der Waals surface area contributed by atoms with E-state index in [1.54, 1.807) is 0 Å². The highest BCUT2D eigenvalue weighted by molar-refractivity contribution is 5.56. The molecule has 90 valence electrons. The topological polar surface area (TPSA) is 31.0 Å². The first-order chi connectivity index (χ1) is 8.84. The van der Waals surface area contributed by atoms with Crippen LogP contribution in [0.1, 0.15) is 11.3 Å². The molecule has 2 heterocycles. The maximum atomic E-state index is 5.53. The zero-order valence-electron chi connectivity index (χ0n) is 10.2. The lowest BCUT2D eigenvalue weighted by molar-refractivity contribution is 0.566. The van der Waals surface area contributed by atoms with E-state index in [-0.39, 0.29) is 0 Å². The second-order valence-electron chi connectivity index (χ2n) is 4.29. The Bertz CT molecular complexity index is 637. The summed E-state index contributed by atoms with van der Waals surface area (Å²) in [6.07, 6.45) is 4.31. The molecule has 0 fully saturated rings. The SMILES string of the molecule is Cn1cccc1-c1ocnc1Cc1ccccc1. The van der Waals surface area contributed by atoms with Crippen LogP contribution in [0.4, 0.5) is 0 Å². The van der Waals surface area contributed by atoms with Crippen LogP contribution in [0.3, 0.4) is 0 Å². The fourth-order valence-corrected chi connectivity index (χ4v) is 2.09. The summed E-state index contributed by atoms with van der Waals surface area (Å²) < 4.78 is 7.57. The van der Waals surface area contributed by atoms with Gasteiger partial charge in [-0.15, -0.1) is 0 Å². The van der Waals surface area contributed by atoms with Crippen LogP contribution in [0.2, 0.25) is 0 Å². The van der Waals surface area contributed by atoms with E-state index in [4.69, 9.17) is 4.42 Å². The maximum Gasteiger partial charge on any atom is 0.181 e. The largest absolute Gasteiger partial charge is 0.442 e. The lowest BCUT2D eigenvalue weighted by atomic mass is 10.1. The highest BCUT2D eigenvalue weighted by atomic mass is 16.3. The second-order valence-corrected chi connectivity index (χ2v) is 4.29. The molecule has 0 unspecified atom stereocenters. The third-order valence-electron chi connectivity index (χ3n) is 3.03. The summed E-state index contributed by atoms with van der Waals surface area (Å²) >= 11 is 0. The fraction of sp³-hybridized carbons (Fsp3) is 0.133. The van der Waals surface area contributed by atoms with Gasteiger partial charge < -0.3 is 8.98 Å². The van der Waals surface area contributed by atoms with Crippen molar-refractivity contribution >= 4 is 0 Å². The monoisotopic (exact) mass is 238 g/mol. The van der Waals surface area contributed by atoms with Crippen molar-refractivity contribution in [3.8, 4) is 11.5 Å². The minimum atomic E-state index is 0.790. The van der Waals surface area contributed by atoms with Gasteiger partial charge in [0.1, 0.15) is 0 Å². The fourth-order valence-electron chi connectivity index (χ4n) is 2.09. The number of nitrogens with zero attached hydrogens (tertiary/aromatic N) is 2. The summed E-state index contributed by atoms with van der Waals surface area (Å²) in [5, 5.41) is 0. The molecule has 0 atom stereocenters. The Kier molecular flexibility index (Phi) is 2.73. The van der Waals surface area contributed by atoms with Gasteiger partial charge in [-0.3, -0.25) is 0 Å². The summed E-state index contributed by atoms with van der Waals surface area (Å²) in [5.41, 5.74) is 3.27. The van der Waals surface area contributed by atoms with E-state index in [2.05, 4.69) is 17.1 Å². The highest BCUT2D eigenvalue weighted by Gasteiger charge is 2.13. The first-order valence-electron chi connectivity index (χ1n) is 5.92. The number of hydrogen-bond donors (Lipinski definition) is 0. The smallest absolute Gasteiger partial charge is 0.181 e. The molecule has 0 spiro atoms. The van der Waals surface area contributed by atoms with Crippen LogP contribution in [0.15, 0.2) is 59.5 Å². The van der Waals surface area contributed by atoms with Gasteiger partial charge in [-0.2, -0.15) is 0 Å². The minimum Gasteiger partial charge on any atom is -0.442 e. The zero-order chi connectivity index (χ0) is 12.4. The van der Waals surface area contributed by atoms with Crippen molar-refractivity contribution in [3.05, 3.63) is 66.3 Å². The first kappa shape index (κ1) is 10.8. The van der Waals surface area contributed by atoms with Gasteiger partial charge in [0.25, 0.3) is 0 Å². The molecule has 3 rings (SSSR count). The molecule has 3 nitrogen and oxygen atoms in total. The van der Waals surface area contributed by atoms with E-state index in [1.165, 1.54) is 12.0 Å². The van der Waals surface area contributed by atoms with Gasteiger partial charge in [0.15, 0.2) is 12.2 Å². The van der Waals surface area contributed by atoms with E-state index in [1.807, 2.05) is 48.1 Å². The Hall–Kier alpha value is -2.29. The van der Waals surface area contributed by atoms with Crippen molar-refractivity contribution in [2.45, 2.75) is 6.42 Å². The Morgan fingerprint density at radius 1 is 1.11 bits per heavy atom. The van der Waals surface area contributed by atoms with Crippen LogP contribution in [0.5, 0.6) is 0 Å². The number of rotatable bonds is 3. The van der Waals surface area contributed by atoms with Gasteiger partial charge in [-0.1, -0.05) is 30.3 Å². The van der Waals surface area contributed by atoms with Crippen molar-refractivity contribution in [1.29, 1.82) is 0 Å². The lowest BCUT2D eigenvalue weighted by Crippen LogP contribution is -1.94. The normalized spacial score (nSPS) is 10.7. The maximum absolute atomic E-state index is 5.53. The number of benzene rings is 1. The molecule has 0 aliphatic carbocycles. The van der Waals surface area contributed by atoms with Gasteiger partial charge >= 0.3 is 0 Å². The van der Waals surface area contributed by atoms with Gasteiger partial charge in [0.05, 0.1) is 11.4 Å². The third-order valence-corrected chi connectivity index (χ3v) is 3.03. The summed E-state index contributed by atoms with van der Waals surface area (Å²) in [6, 6.07) is 14.3. The number of aryl methyl sites for hydroxylation is 1. The van der Waals surface area contributed by atoms with Crippen LogP contribution >= 0.6 is 0 Å². The van der Waals surface area contributed by atoms with Crippen LogP contribution in [-0.2, 0) is 13.5 Å². The highest BCUT2D eigenvalue weighted by Crippen LogP contribution is 2.24.